The third-order valence-corrected chi connectivity index (χ3v) is 3.21. The lowest BCUT2D eigenvalue weighted by molar-refractivity contribution is -0.191. The molecule has 0 spiro atoms. The summed E-state index contributed by atoms with van der Waals surface area (Å²) in [6, 6.07) is -0.771. The first-order valence-electron chi connectivity index (χ1n) is 6.43. The highest BCUT2D eigenvalue weighted by Gasteiger charge is 2.64. The van der Waals surface area contributed by atoms with Crippen LogP contribution in [0.5, 0.6) is 0 Å². The maximum atomic E-state index is 12.9. The molecule has 0 aromatic rings. The molecule has 1 fully saturated rings. The van der Waals surface area contributed by atoms with Crippen LogP contribution < -0.4 is 10.6 Å². The molecule has 20 heavy (non-hydrogen) atoms. The van der Waals surface area contributed by atoms with E-state index in [-0.39, 0.29) is 18.5 Å². The first kappa shape index (κ1) is 16.7. The van der Waals surface area contributed by atoms with Gasteiger partial charge in [-0.2, -0.15) is 13.2 Å². The molecule has 5 nitrogen and oxygen atoms in total. The maximum Gasteiger partial charge on any atom is 0.420 e. The fourth-order valence-corrected chi connectivity index (χ4v) is 1.87. The van der Waals surface area contributed by atoms with E-state index in [9.17, 15) is 22.8 Å². The van der Waals surface area contributed by atoms with Crippen molar-refractivity contribution < 1.29 is 22.8 Å². The molecule has 1 rings (SSSR count). The van der Waals surface area contributed by atoms with Crippen LogP contribution in [0.1, 0.15) is 27.7 Å². The predicted molar refractivity (Wildman–Crippen MR) is 67.0 cm³/mol. The van der Waals surface area contributed by atoms with Crippen molar-refractivity contribution in [3.8, 4) is 0 Å². The van der Waals surface area contributed by atoms with Crippen LogP contribution in [0.2, 0.25) is 0 Å². The van der Waals surface area contributed by atoms with Crippen LogP contribution in [0.25, 0.3) is 0 Å². The van der Waals surface area contributed by atoms with E-state index >= 15 is 0 Å². The standard InChI is InChI=1S/C12H20F3N3O2/c1-7(2)16-5-8(3)6-18-9(19)11(4,12(13,14)15)17-10(18)20/h7-8,16H,5-6H2,1-4H3,(H,17,20). The fourth-order valence-electron chi connectivity index (χ4n) is 1.87. The van der Waals surface area contributed by atoms with Crippen molar-refractivity contribution in [1.29, 1.82) is 0 Å². The SMILES string of the molecule is CC(CNC(C)C)CN1C(=O)NC(C)(C(F)(F)F)C1=O. The lowest BCUT2D eigenvalue weighted by atomic mass is 10.0. The molecule has 0 aromatic carbocycles. The molecule has 2 N–H and O–H groups in total. The molecule has 0 bridgehead atoms. The molecule has 1 heterocycles. The van der Waals surface area contributed by atoms with Crippen LogP contribution in [0, 0.1) is 5.92 Å². The van der Waals surface area contributed by atoms with Crippen molar-refractivity contribution >= 4 is 11.9 Å². The van der Waals surface area contributed by atoms with Crippen molar-refractivity contribution in [3.05, 3.63) is 0 Å². The Morgan fingerprint density at radius 2 is 1.85 bits per heavy atom. The fraction of sp³-hybridized carbons (Fsp3) is 0.833. The lowest BCUT2D eigenvalue weighted by Crippen LogP contribution is -2.56. The molecule has 0 radical (unpaired) electrons. The Bertz CT molecular complexity index is 398. The van der Waals surface area contributed by atoms with Gasteiger partial charge < -0.3 is 10.6 Å². The smallest absolute Gasteiger partial charge is 0.316 e. The van der Waals surface area contributed by atoms with Crippen LogP contribution in [0.3, 0.4) is 0 Å². The number of nitrogens with zero attached hydrogens (tertiary/aromatic N) is 1. The van der Waals surface area contributed by atoms with Gasteiger partial charge in [-0.05, 0) is 19.4 Å². The molecule has 1 aliphatic rings. The molecule has 2 atom stereocenters. The number of halogens is 3. The van der Waals surface area contributed by atoms with Gasteiger partial charge in [0.1, 0.15) is 0 Å². The van der Waals surface area contributed by atoms with Crippen molar-refractivity contribution in [2.24, 2.45) is 5.92 Å². The summed E-state index contributed by atoms with van der Waals surface area (Å²) >= 11 is 0. The average molecular weight is 295 g/mol. The highest BCUT2D eigenvalue weighted by atomic mass is 19.4. The largest absolute Gasteiger partial charge is 0.420 e. The van der Waals surface area contributed by atoms with Gasteiger partial charge in [-0.15, -0.1) is 0 Å². The minimum absolute atomic E-state index is 0.0456. The number of alkyl halides is 3. The van der Waals surface area contributed by atoms with E-state index in [2.05, 4.69) is 5.32 Å². The monoisotopic (exact) mass is 295 g/mol. The predicted octanol–water partition coefficient (Wildman–Crippen LogP) is 1.49. The van der Waals surface area contributed by atoms with Gasteiger partial charge in [0.2, 0.25) is 5.54 Å². The number of amides is 3. The summed E-state index contributed by atoms with van der Waals surface area (Å²) in [5, 5.41) is 4.84. The van der Waals surface area contributed by atoms with Crippen LogP contribution in [-0.4, -0.2) is 47.7 Å². The Morgan fingerprint density at radius 3 is 2.25 bits per heavy atom. The molecular weight excluding hydrogens is 275 g/mol. The molecule has 0 saturated carbocycles. The van der Waals surface area contributed by atoms with Crippen molar-refractivity contribution in [2.75, 3.05) is 13.1 Å². The maximum absolute atomic E-state index is 12.9. The highest BCUT2D eigenvalue weighted by Crippen LogP contribution is 2.35. The topological polar surface area (TPSA) is 61.4 Å². The molecule has 116 valence electrons. The van der Waals surface area contributed by atoms with Gasteiger partial charge in [0, 0.05) is 12.6 Å². The first-order valence-corrected chi connectivity index (χ1v) is 6.43. The van der Waals surface area contributed by atoms with Gasteiger partial charge in [0.05, 0.1) is 0 Å². The van der Waals surface area contributed by atoms with E-state index in [1.807, 2.05) is 13.8 Å². The van der Waals surface area contributed by atoms with E-state index in [1.54, 1.807) is 12.2 Å². The Balaban J connectivity index is 2.73. The molecule has 8 heteroatoms. The van der Waals surface area contributed by atoms with E-state index < -0.39 is 23.7 Å². The number of hydrogen-bond acceptors (Lipinski definition) is 3. The summed E-state index contributed by atoms with van der Waals surface area (Å²) in [4.78, 5) is 24.1. The Kier molecular flexibility index (Phi) is 4.68. The average Bonchev–Trinajstić information content (AvgIpc) is 2.50. The molecule has 3 amide bonds. The number of carbonyl (C=O) groups is 2. The van der Waals surface area contributed by atoms with E-state index in [0.29, 0.717) is 18.4 Å². The van der Waals surface area contributed by atoms with Crippen LogP contribution in [-0.2, 0) is 4.79 Å². The highest BCUT2D eigenvalue weighted by molar-refractivity contribution is 6.07. The minimum atomic E-state index is -4.81. The van der Waals surface area contributed by atoms with Gasteiger partial charge in [0.15, 0.2) is 0 Å². The van der Waals surface area contributed by atoms with Gasteiger partial charge in [-0.1, -0.05) is 20.8 Å². The third kappa shape index (κ3) is 3.23. The quantitative estimate of drug-likeness (QED) is 0.756. The van der Waals surface area contributed by atoms with Gasteiger partial charge in [0.25, 0.3) is 5.91 Å². The summed E-state index contributed by atoms with van der Waals surface area (Å²) in [5.74, 6) is -1.38. The normalized spacial score (nSPS) is 25.3. The third-order valence-electron chi connectivity index (χ3n) is 3.21. The van der Waals surface area contributed by atoms with E-state index in [0.717, 1.165) is 0 Å². The zero-order valence-electron chi connectivity index (χ0n) is 12.0. The number of rotatable bonds is 5. The number of hydrogen-bond donors (Lipinski definition) is 2. The molecular formula is C12H20F3N3O2. The second-order valence-electron chi connectivity index (χ2n) is 5.64. The summed E-state index contributed by atoms with van der Waals surface area (Å²) in [7, 11) is 0. The summed E-state index contributed by atoms with van der Waals surface area (Å²) in [6.45, 7) is 6.78. The molecule has 0 aromatic heterocycles. The molecule has 1 saturated heterocycles. The van der Waals surface area contributed by atoms with Gasteiger partial charge in [-0.3, -0.25) is 9.69 Å². The summed E-state index contributed by atoms with van der Waals surface area (Å²) < 4.78 is 38.6. The van der Waals surface area contributed by atoms with Gasteiger partial charge in [-0.25, -0.2) is 4.79 Å². The van der Waals surface area contributed by atoms with Crippen LogP contribution in [0.4, 0.5) is 18.0 Å². The second kappa shape index (κ2) is 5.59. The summed E-state index contributed by atoms with van der Waals surface area (Å²) in [5.41, 5.74) is -2.82. The molecule has 2 unspecified atom stereocenters. The van der Waals surface area contributed by atoms with Crippen LogP contribution >= 0.6 is 0 Å². The lowest BCUT2D eigenvalue weighted by Gasteiger charge is -2.25. The summed E-state index contributed by atoms with van der Waals surface area (Å²) in [6.07, 6.45) is -4.81. The van der Waals surface area contributed by atoms with Crippen molar-refractivity contribution in [1.82, 2.24) is 15.5 Å². The Hall–Kier alpha value is -1.31. The van der Waals surface area contributed by atoms with Crippen LogP contribution in [0.15, 0.2) is 0 Å². The van der Waals surface area contributed by atoms with E-state index in [1.165, 1.54) is 0 Å². The first-order chi connectivity index (χ1) is 8.99. The Labute approximate surface area is 115 Å². The van der Waals surface area contributed by atoms with Gasteiger partial charge >= 0.3 is 12.2 Å². The second-order valence-corrected chi connectivity index (χ2v) is 5.64. The molecule has 0 aliphatic carbocycles. The number of carbonyl (C=O) groups excluding carboxylic acids is 2. The van der Waals surface area contributed by atoms with E-state index in [4.69, 9.17) is 0 Å². The number of imide groups is 1. The zero-order chi connectivity index (χ0) is 15.7. The van der Waals surface area contributed by atoms with Crippen molar-refractivity contribution in [3.63, 3.8) is 0 Å². The zero-order valence-corrected chi connectivity index (χ0v) is 12.0. The minimum Gasteiger partial charge on any atom is -0.316 e. The molecule has 1 aliphatic heterocycles. The Morgan fingerprint density at radius 1 is 1.30 bits per heavy atom. The number of urea groups is 1. The van der Waals surface area contributed by atoms with Crippen molar-refractivity contribution in [2.45, 2.75) is 45.5 Å². The number of nitrogens with one attached hydrogen (secondary N) is 2.